The van der Waals surface area contributed by atoms with E-state index in [1.54, 1.807) is 11.7 Å². The lowest BCUT2D eigenvalue weighted by atomic mass is 9.71. The minimum Gasteiger partial charge on any atom is -0.350 e. The topological polar surface area (TPSA) is 88.1 Å². The standard InChI is InChI=1S/C18H21N5O2S/c1-2-18(17(25)21-8-12-10-26-11-22-12)7-13-3-4-15(18)23(13)16(24)14-9-19-5-6-20-14/h5-6,9-11,13,15H,2-4,7-8H2,1H3,(H,21,25)/t13-,15+,18+/m1/s1. The highest BCUT2D eigenvalue weighted by molar-refractivity contribution is 7.07. The van der Waals surface area contributed by atoms with Crippen molar-refractivity contribution in [3.8, 4) is 0 Å². The van der Waals surface area contributed by atoms with Crippen molar-refractivity contribution in [3.63, 3.8) is 0 Å². The third-order valence-electron chi connectivity index (χ3n) is 5.75. The quantitative estimate of drug-likeness (QED) is 0.869. The van der Waals surface area contributed by atoms with Crippen LogP contribution in [0.3, 0.4) is 0 Å². The van der Waals surface area contributed by atoms with E-state index in [0.717, 1.165) is 18.5 Å². The van der Waals surface area contributed by atoms with Gasteiger partial charge in [0.1, 0.15) is 5.69 Å². The first-order chi connectivity index (χ1) is 12.7. The van der Waals surface area contributed by atoms with E-state index in [-0.39, 0.29) is 23.9 Å². The van der Waals surface area contributed by atoms with Crippen molar-refractivity contribution in [2.75, 3.05) is 0 Å². The predicted octanol–water partition coefficient (Wildman–Crippen LogP) is 2.02. The number of fused-ring (bicyclic) bond motifs is 2. The number of nitrogens with zero attached hydrogens (tertiary/aromatic N) is 4. The zero-order chi connectivity index (χ0) is 18.1. The number of hydrogen-bond acceptors (Lipinski definition) is 6. The molecule has 7 nitrogen and oxygen atoms in total. The van der Waals surface area contributed by atoms with Crippen molar-refractivity contribution >= 4 is 23.2 Å². The van der Waals surface area contributed by atoms with Crippen molar-refractivity contribution in [1.82, 2.24) is 25.2 Å². The van der Waals surface area contributed by atoms with Gasteiger partial charge < -0.3 is 10.2 Å². The molecule has 3 atom stereocenters. The van der Waals surface area contributed by atoms with Gasteiger partial charge in [-0.2, -0.15) is 0 Å². The van der Waals surface area contributed by atoms with Crippen LogP contribution >= 0.6 is 11.3 Å². The highest BCUT2D eigenvalue weighted by Gasteiger charge is 2.60. The average Bonchev–Trinajstić information content (AvgIpc) is 3.41. The molecule has 2 amide bonds. The zero-order valence-corrected chi connectivity index (χ0v) is 15.4. The lowest BCUT2D eigenvalue weighted by molar-refractivity contribution is -0.133. The highest BCUT2D eigenvalue weighted by Crippen LogP contribution is 2.52. The molecule has 2 aromatic rings. The first kappa shape index (κ1) is 17.1. The van der Waals surface area contributed by atoms with Crippen molar-refractivity contribution < 1.29 is 9.59 Å². The van der Waals surface area contributed by atoms with Gasteiger partial charge in [-0.05, 0) is 25.7 Å². The molecular formula is C18H21N5O2S. The Kier molecular flexibility index (Phi) is 4.44. The number of amides is 2. The summed E-state index contributed by atoms with van der Waals surface area (Å²) in [5, 5.41) is 4.98. The normalized spacial score (nSPS) is 26.9. The molecule has 0 aromatic carbocycles. The number of thiazole rings is 1. The molecule has 0 unspecified atom stereocenters. The molecule has 136 valence electrons. The number of rotatable bonds is 5. The van der Waals surface area contributed by atoms with Crippen LogP contribution in [0.15, 0.2) is 29.5 Å². The Balaban J connectivity index is 1.54. The highest BCUT2D eigenvalue weighted by atomic mass is 32.1. The fourth-order valence-electron chi connectivity index (χ4n) is 4.49. The fraction of sp³-hybridized carbons (Fsp3) is 0.500. The van der Waals surface area contributed by atoms with Crippen LogP contribution < -0.4 is 5.32 Å². The molecule has 26 heavy (non-hydrogen) atoms. The number of nitrogens with one attached hydrogen (secondary N) is 1. The molecule has 4 heterocycles. The molecule has 2 aromatic heterocycles. The van der Waals surface area contributed by atoms with Crippen molar-refractivity contribution in [3.05, 3.63) is 40.9 Å². The molecule has 2 bridgehead atoms. The molecule has 4 rings (SSSR count). The van der Waals surface area contributed by atoms with Gasteiger partial charge in [0.25, 0.3) is 5.91 Å². The monoisotopic (exact) mass is 371 g/mol. The summed E-state index contributed by atoms with van der Waals surface area (Å²) in [6, 6.07) is 0.0157. The average molecular weight is 371 g/mol. The summed E-state index contributed by atoms with van der Waals surface area (Å²) in [4.78, 5) is 40.3. The molecule has 2 aliphatic rings. The summed E-state index contributed by atoms with van der Waals surface area (Å²) in [6.07, 6.45) is 7.79. The van der Waals surface area contributed by atoms with Gasteiger partial charge in [0.15, 0.2) is 0 Å². The molecule has 0 spiro atoms. The van der Waals surface area contributed by atoms with E-state index in [0.29, 0.717) is 25.1 Å². The second-order valence-corrected chi connectivity index (χ2v) is 7.65. The molecule has 2 aliphatic heterocycles. The van der Waals surface area contributed by atoms with Crippen molar-refractivity contribution in [2.45, 2.75) is 51.2 Å². The first-order valence-corrected chi connectivity index (χ1v) is 9.84. The van der Waals surface area contributed by atoms with Gasteiger partial charge in [0.05, 0.1) is 29.4 Å². The smallest absolute Gasteiger partial charge is 0.274 e. The zero-order valence-electron chi connectivity index (χ0n) is 14.6. The first-order valence-electron chi connectivity index (χ1n) is 8.90. The van der Waals surface area contributed by atoms with Gasteiger partial charge in [-0.15, -0.1) is 11.3 Å². The van der Waals surface area contributed by atoms with E-state index in [4.69, 9.17) is 0 Å². The summed E-state index contributed by atoms with van der Waals surface area (Å²) in [5.74, 6) is -0.0922. The lowest BCUT2D eigenvalue weighted by Gasteiger charge is -2.35. The Labute approximate surface area is 155 Å². The van der Waals surface area contributed by atoms with E-state index in [2.05, 4.69) is 20.3 Å². The molecule has 1 N–H and O–H groups in total. The maximum atomic E-state index is 13.1. The van der Waals surface area contributed by atoms with Crippen molar-refractivity contribution in [2.24, 2.45) is 5.41 Å². The second kappa shape index (κ2) is 6.75. The molecule has 2 fully saturated rings. The van der Waals surface area contributed by atoms with Gasteiger partial charge >= 0.3 is 0 Å². The number of aromatic nitrogens is 3. The van der Waals surface area contributed by atoms with Crippen LogP contribution in [-0.4, -0.2) is 43.7 Å². The second-order valence-electron chi connectivity index (χ2n) is 6.93. The molecule has 0 radical (unpaired) electrons. The minimum absolute atomic E-state index is 0.0251. The Hall–Kier alpha value is -2.35. The predicted molar refractivity (Wildman–Crippen MR) is 96.3 cm³/mol. The molecule has 2 saturated heterocycles. The summed E-state index contributed by atoms with van der Waals surface area (Å²) in [7, 11) is 0. The maximum Gasteiger partial charge on any atom is 0.274 e. The summed E-state index contributed by atoms with van der Waals surface area (Å²) in [6.45, 7) is 2.47. The SMILES string of the molecule is CC[C@]1(C(=O)NCc2cscn2)C[C@H]2CC[C@@H]1N2C(=O)c1cnccn1. The molecule has 8 heteroatoms. The Morgan fingerprint density at radius 3 is 2.92 bits per heavy atom. The van der Waals surface area contributed by atoms with Crippen LogP contribution in [0.5, 0.6) is 0 Å². The Morgan fingerprint density at radius 1 is 1.35 bits per heavy atom. The van der Waals surface area contributed by atoms with Crippen LogP contribution in [0.25, 0.3) is 0 Å². The Morgan fingerprint density at radius 2 is 2.23 bits per heavy atom. The molecular weight excluding hydrogens is 350 g/mol. The molecule has 0 saturated carbocycles. The van der Waals surface area contributed by atoms with E-state index in [1.807, 2.05) is 17.2 Å². The fourth-order valence-corrected chi connectivity index (χ4v) is 5.05. The van der Waals surface area contributed by atoms with E-state index in [9.17, 15) is 9.59 Å². The number of carbonyl (C=O) groups excluding carboxylic acids is 2. The van der Waals surface area contributed by atoms with Crippen LogP contribution in [-0.2, 0) is 11.3 Å². The third-order valence-corrected chi connectivity index (χ3v) is 6.39. The summed E-state index contributed by atoms with van der Waals surface area (Å²) >= 11 is 1.51. The van der Waals surface area contributed by atoms with Crippen LogP contribution in [0.1, 0.15) is 48.8 Å². The minimum atomic E-state index is -0.531. The van der Waals surface area contributed by atoms with Gasteiger partial charge in [-0.3, -0.25) is 14.6 Å². The largest absolute Gasteiger partial charge is 0.350 e. The van der Waals surface area contributed by atoms with Gasteiger partial charge in [-0.1, -0.05) is 6.92 Å². The maximum absolute atomic E-state index is 13.1. The summed E-state index contributed by atoms with van der Waals surface area (Å²) in [5.41, 5.74) is 2.44. The third kappa shape index (κ3) is 2.68. The van der Waals surface area contributed by atoms with E-state index in [1.165, 1.54) is 23.7 Å². The Bertz CT molecular complexity index is 797. The van der Waals surface area contributed by atoms with Crippen LogP contribution in [0.2, 0.25) is 0 Å². The van der Waals surface area contributed by atoms with Gasteiger partial charge in [-0.25, -0.2) is 9.97 Å². The van der Waals surface area contributed by atoms with Crippen LogP contribution in [0, 0.1) is 5.41 Å². The van der Waals surface area contributed by atoms with Crippen molar-refractivity contribution in [1.29, 1.82) is 0 Å². The van der Waals surface area contributed by atoms with Gasteiger partial charge in [0.2, 0.25) is 5.91 Å². The van der Waals surface area contributed by atoms with E-state index < -0.39 is 5.41 Å². The van der Waals surface area contributed by atoms with E-state index >= 15 is 0 Å². The van der Waals surface area contributed by atoms with Gasteiger partial charge in [0, 0.05) is 29.9 Å². The van der Waals surface area contributed by atoms with Crippen LogP contribution in [0.4, 0.5) is 0 Å². The lowest BCUT2D eigenvalue weighted by Crippen LogP contribution is -2.49. The number of hydrogen-bond donors (Lipinski definition) is 1. The summed E-state index contributed by atoms with van der Waals surface area (Å²) < 4.78 is 0. The number of carbonyl (C=O) groups is 2. The molecule has 0 aliphatic carbocycles.